The van der Waals surface area contributed by atoms with Crippen LogP contribution < -0.4 is 16.1 Å². The second kappa shape index (κ2) is 7.82. The van der Waals surface area contributed by atoms with E-state index < -0.39 is 6.17 Å². The van der Waals surface area contributed by atoms with Crippen LogP contribution >= 0.6 is 0 Å². The van der Waals surface area contributed by atoms with E-state index >= 15 is 0 Å². The molecule has 7 nitrogen and oxygen atoms in total. The first-order valence-electron chi connectivity index (χ1n) is 10.9. The van der Waals surface area contributed by atoms with E-state index in [2.05, 4.69) is 26.0 Å². The molecule has 4 saturated heterocycles. The monoisotopic (exact) mass is 383 g/mol. The topological polar surface area (TPSA) is 72.0 Å². The Kier molecular flexibility index (Phi) is 5.40. The van der Waals surface area contributed by atoms with Gasteiger partial charge >= 0.3 is 0 Å². The fourth-order valence-corrected chi connectivity index (χ4v) is 6.08. The number of aliphatic hydroxyl groups excluding tert-OH is 1. The lowest BCUT2D eigenvalue weighted by atomic mass is 9.79. The number of rotatable bonds is 0. The molecule has 4 heterocycles. The zero-order chi connectivity index (χ0) is 18.4. The minimum Gasteiger partial charge on any atom is -0.392 e. The van der Waals surface area contributed by atoms with Gasteiger partial charge in [-0.25, -0.2) is 9.40 Å². The summed E-state index contributed by atoms with van der Waals surface area (Å²) in [5.41, 5.74) is 3.53. The van der Waals surface area contributed by atoms with Gasteiger partial charge in [0.1, 0.15) is 6.17 Å². The van der Waals surface area contributed by atoms with E-state index in [0.29, 0.717) is 38.1 Å². The number of halogens is 1. The minimum atomic E-state index is -0.735. The van der Waals surface area contributed by atoms with Crippen LogP contribution in [-0.2, 0) is 4.74 Å². The normalized spacial score (nSPS) is 49.6. The zero-order valence-corrected chi connectivity index (χ0v) is 16.0. The smallest absolute Gasteiger partial charge is 0.101 e. The summed E-state index contributed by atoms with van der Waals surface area (Å²) in [5, 5.41) is 20.2. The van der Waals surface area contributed by atoms with Gasteiger partial charge in [-0.05, 0) is 32.1 Å². The van der Waals surface area contributed by atoms with E-state index in [9.17, 15) is 9.50 Å². The minimum absolute atomic E-state index is 0.110. The summed E-state index contributed by atoms with van der Waals surface area (Å²) >= 11 is 0. The highest BCUT2D eigenvalue weighted by molar-refractivity contribution is 5.00. The Morgan fingerprint density at radius 2 is 2.04 bits per heavy atom. The van der Waals surface area contributed by atoms with Gasteiger partial charge in [-0.1, -0.05) is 0 Å². The van der Waals surface area contributed by atoms with Crippen molar-refractivity contribution in [3.63, 3.8) is 0 Å². The SMILES string of the molecule is O[C@@H]1C[C@@H]2C3CC(F)CCC3OCCNCC3CNN4CCC(NC34)N2C1. The molecule has 8 heteroatoms. The second-order valence-corrected chi connectivity index (χ2v) is 9.07. The largest absolute Gasteiger partial charge is 0.392 e. The van der Waals surface area contributed by atoms with Gasteiger partial charge in [-0.15, -0.1) is 0 Å². The molecule has 1 aliphatic carbocycles. The van der Waals surface area contributed by atoms with Gasteiger partial charge in [0.05, 0.1) is 31.1 Å². The van der Waals surface area contributed by atoms with E-state index in [0.717, 1.165) is 45.4 Å². The summed E-state index contributed by atoms with van der Waals surface area (Å²) in [6, 6.07) is 0.203. The Bertz CT molecular complexity index is 528. The first-order valence-corrected chi connectivity index (χ1v) is 10.9. The molecule has 4 N–H and O–H groups in total. The molecule has 5 rings (SSSR count). The van der Waals surface area contributed by atoms with Crippen LogP contribution in [0.1, 0.15) is 32.1 Å². The number of nitrogens with zero attached hydrogens (tertiary/aromatic N) is 2. The number of fused-ring (bicyclic) bond motifs is 5. The van der Waals surface area contributed by atoms with E-state index in [1.165, 1.54) is 0 Å². The number of hydrogen-bond acceptors (Lipinski definition) is 7. The van der Waals surface area contributed by atoms with Gasteiger partial charge in [0.15, 0.2) is 0 Å². The molecule has 27 heavy (non-hydrogen) atoms. The van der Waals surface area contributed by atoms with Crippen molar-refractivity contribution in [3.8, 4) is 0 Å². The Morgan fingerprint density at radius 3 is 2.96 bits per heavy atom. The van der Waals surface area contributed by atoms with Crippen LogP contribution in [0.2, 0.25) is 0 Å². The number of ether oxygens (including phenoxy) is 1. The van der Waals surface area contributed by atoms with E-state index in [1.807, 2.05) is 0 Å². The lowest BCUT2D eigenvalue weighted by Gasteiger charge is -2.46. The van der Waals surface area contributed by atoms with Crippen molar-refractivity contribution in [1.82, 2.24) is 26.0 Å². The summed E-state index contributed by atoms with van der Waals surface area (Å²) in [6.07, 6.45) is 3.35. The summed E-state index contributed by atoms with van der Waals surface area (Å²) in [4.78, 5) is 2.45. The summed E-state index contributed by atoms with van der Waals surface area (Å²) in [6.45, 7) is 5.16. The molecule has 5 fully saturated rings. The molecule has 0 amide bonds. The van der Waals surface area contributed by atoms with E-state index in [4.69, 9.17) is 4.74 Å². The van der Waals surface area contributed by atoms with Crippen molar-refractivity contribution in [2.24, 2.45) is 11.8 Å². The van der Waals surface area contributed by atoms with Gasteiger partial charge in [-0.2, -0.15) is 0 Å². The first-order chi connectivity index (χ1) is 13.2. The molecule has 0 aromatic carbocycles. The van der Waals surface area contributed by atoms with E-state index in [-0.39, 0.29) is 30.3 Å². The van der Waals surface area contributed by atoms with Gasteiger partial charge in [-0.3, -0.25) is 15.6 Å². The third-order valence-corrected chi connectivity index (χ3v) is 7.39. The molecule has 0 spiro atoms. The molecule has 154 valence electrons. The van der Waals surface area contributed by atoms with Crippen molar-refractivity contribution < 1.29 is 14.2 Å². The molecule has 8 atom stereocenters. The lowest BCUT2D eigenvalue weighted by Crippen LogP contribution is -2.64. The van der Waals surface area contributed by atoms with Gasteiger partial charge in [0.2, 0.25) is 0 Å². The van der Waals surface area contributed by atoms with Crippen LogP contribution in [0.3, 0.4) is 0 Å². The zero-order valence-electron chi connectivity index (χ0n) is 16.0. The highest BCUT2D eigenvalue weighted by Gasteiger charge is 2.48. The van der Waals surface area contributed by atoms with Crippen molar-refractivity contribution >= 4 is 0 Å². The number of aliphatic hydroxyl groups is 1. The standard InChI is InChI=1S/C19H34FN5O2/c20-13-1-2-17-15(7-13)16-8-14(26)11-24(16)18-3-5-25-19(23-18)12(10-22-25)9-21-4-6-27-17/h12-19,21-23,26H,1-11H2/t12?,13?,14-,15?,16-,17?,18?,19?/m1/s1. The molecule has 4 aliphatic heterocycles. The maximum absolute atomic E-state index is 14.3. The van der Waals surface area contributed by atoms with Gasteiger partial charge < -0.3 is 15.2 Å². The maximum atomic E-state index is 14.3. The average Bonchev–Trinajstić information content (AvgIpc) is 3.25. The highest BCUT2D eigenvalue weighted by atomic mass is 19.1. The molecule has 0 aromatic rings. The third kappa shape index (κ3) is 3.66. The van der Waals surface area contributed by atoms with Crippen molar-refractivity contribution in [3.05, 3.63) is 0 Å². The molecule has 0 radical (unpaired) electrons. The number of hydrogen-bond donors (Lipinski definition) is 4. The molecular formula is C19H34FN5O2. The first kappa shape index (κ1) is 18.7. The van der Waals surface area contributed by atoms with Crippen molar-refractivity contribution in [2.45, 2.75) is 68.9 Å². The van der Waals surface area contributed by atoms with Gasteiger partial charge in [0, 0.05) is 50.6 Å². The summed E-state index contributed by atoms with van der Waals surface area (Å²) < 4.78 is 20.6. The predicted octanol–water partition coefficient (Wildman–Crippen LogP) is -0.370. The maximum Gasteiger partial charge on any atom is 0.101 e. The highest BCUT2D eigenvalue weighted by Crippen LogP contribution is 2.39. The Hall–Kier alpha value is -0.350. The van der Waals surface area contributed by atoms with Crippen LogP contribution in [0.5, 0.6) is 0 Å². The Labute approximate surface area is 160 Å². The predicted molar refractivity (Wildman–Crippen MR) is 99.5 cm³/mol. The Balaban J connectivity index is 1.41. The number of hydrazine groups is 1. The summed E-state index contributed by atoms with van der Waals surface area (Å²) in [5.74, 6) is 0.681. The van der Waals surface area contributed by atoms with Crippen molar-refractivity contribution in [1.29, 1.82) is 0 Å². The molecule has 0 aromatic heterocycles. The van der Waals surface area contributed by atoms with Crippen LogP contribution in [0.4, 0.5) is 4.39 Å². The summed E-state index contributed by atoms with van der Waals surface area (Å²) in [7, 11) is 0. The molecule has 1 saturated carbocycles. The van der Waals surface area contributed by atoms with Crippen LogP contribution in [0.15, 0.2) is 0 Å². The molecule has 6 unspecified atom stereocenters. The number of alkyl halides is 1. The quantitative estimate of drug-likeness (QED) is 0.455. The lowest BCUT2D eigenvalue weighted by molar-refractivity contribution is -0.0652. The fourth-order valence-electron chi connectivity index (χ4n) is 6.08. The second-order valence-electron chi connectivity index (χ2n) is 9.07. The molecule has 5 aliphatic rings. The molecular weight excluding hydrogens is 349 g/mol. The van der Waals surface area contributed by atoms with Crippen LogP contribution in [-0.4, -0.2) is 91.1 Å². The molecule has 2 bridgehead atoms. The fraction of sp³-hybridized carbons (Fsp3) is 1.00. The van der Waals surface area contributed by atoms with E-state index in [1.54, 1.807) is 0 Å². The average molecular weight is 384 g/mol. The number of nitrogens with one attached hydrogen (secondary N) is 3. The van der Waals surface area contributed by atoms with Gasteiger partial charge in [0.25, 0.3) is 0 Å². The van der Waals surface area contributed by atoms with Crippen molar-refractivity contribution in [2.75, 3.05) is 39.3 Å². The van der Waals surface area contributed by atoms with Crippen LogP contribution in [0.25, 0.3) is 0 Å². The third-order valence-electron chi connectivity index (χ3n) is 7.39. The van der Waals surface area contributed by atoms with Crippen LogP contribution in [0, 0.1) is 11.8 Å². The Morgan fingerprint density at radius 1 is 1.11 bits per heavy atom.